The normalized spacial score (nSPS) is 12.8. The van der Waals surface area contributed by atoms with E-state index in [4.69, 9.17) is 69.6 Å². The van der Waals surface area contributed by atoms with Gasteiger partial charge in [0.15, 0.2) is 16.8 Å². The van der Waals surface area contributed by atoms with Crippen molar-refractivity contribution in [2.45, 2.75) is 26.1 Å². The van der Waals surface area contributed by atoms with E-state index >= 15 is 0 Å². The Bertz CT molecular complexity index is 384. The van der Waals surface area contributed by atoms with E-state index in [0.717, 1.165) is 12.2 Å². The van der Waals surface area contributed by atoms with Gasteiger partial charge in [0.1, 0.15) is 0 Å². The average molecular weight is 390 g/mol. The van der Waals surface area contributed by atoms with Crippen LogP contribution in [0.5, 0.6) is 0 Å². The second-order valence-corrected chi connectivity index (χ2v) is 8.73. The highest BCUT2D eigenvalue weighted by Gasteiger charge is 2.33. The zero-order chi connectivity index (χ0) is 14.0. The van der Waals surface area contributed by atoms with Crippen molar-refractivity contribution in [1.82, 2.24) is 15.0 Å². The van der Waals surface area contributed by atoms with Crippen LogP contribution in [0.25, 0.3) is 0 Å². The first-order valence-corrected chi connectivity index (χ1v) is 7.93. The van der Waals surface area contributed by atoms with Crippen LogP contribution < -0.4 is 0 Å². The van der Waals surface area contributed by atoms with Gasteiger partial charge in [0.05, 0.1) is 0 Å². The van der Waals surface area contributed by atoms with Crippen molar-refractivity contribution in [2.24, 2.45) is 0 Å². The molecule has 0 aliphatic rings. The Kier molecular flexibility index (Phi) is 6.39. The molecule has 0 aliphatic carbocycles. The number of thioether (sulfide) groups is 1. The van der Waals surface area contributed by atoms with Crippen LogP contribution in [0.2, 0.25) is 0 Å². The Labute approximate surface area is 139 Å². The molecule has 0 atom stereocenters. The maximum atomic E-state index is 5.73. The van der Waals surface area contributed by atoms with Gasteiger partial charge in [-0.25, -0.2) is 15.0 Å². The Morgan fingerprint density at radius 1 is 0.889 bits per heavy atom. The SMILES string of the molecule is CCCSc1nc(C(Cl)(Cl)Cl)nc(C(Cl)(Cl)Cl)n1. The predicted molar refractivity (Wildman–Crippen MR) is 79.3 cm³/mol. The summed E-state index contributed by atoms with van der Waals surface area (Å²) in [6.07, 6.45) is 0.933. The number of halogens is 6. The summed E-state index contributed by atoms with van der Waals surface area (Å²) in [6, 6.07) is 0. The molecule has 0 aliphatic heterocycles. The second-order valence-electron chi connectivity index (χ2n) is 3.11. The number of nitrogens with zero attached hydrogens (tertiary/aromatic N) is 3. The summed E-state index contributed by atoms with van der Waals surface area (Å²) in [5.74, 6) is 0.660. The maximum Gasteiger partial charge on any atom is 0.250 e. The van der Waals surface area contributed by atoms with Crippen LogP contribution in [0, 0.1) is 0 Å². The molecule has 0 amide bonds. The molecule has 1 aromatic rings. The quantitative estimate of drug-likeness (QED) is 0.537. The Morgan fingerprint density at radius 3 is 1.67 bits per heavy atom. The maximum absolute atomic E-state index is 5.73. The number of hydrogen-bond acceptors (Lipinski definition) is 4. The van der Waals surface area contributed by atoms with E-state index in [1.807, 2.05) is 6.92 Å². The molecule has 0 N–H and O–H groups in total. The zero-order valence-corrected chi connectivity index (χ0v) is 14.3. The minimum absolute atomic E-state index is 0.0672. The van der Waals surface area contributed by atoms with E-state index < -0.39 is 7.59 Å². The van der Waals surface area contributed by atoms with E-state index in [2.05, 4.69) is 15.0 Å². The molecule has 0 saturated carbocycles. The predicted octanol–water partition coefficient (Wildman–Crippen LogP) is 5.03. The summed E-state index contributed by atoms with van der Waals surface area (Å²) in [5.41, 5.74) is 0. The summed E-state index contributed by atoms with van der Waals surface area (Å²) in [4.78, 5) is 11.9. The summed E-state index contributed by atoms with van der Waals surface area (Å²) in [6.45, 7) is 2.01. The molecule has 102 valence electrons. The van der Waals surface area contributed by atoms with Gasteiger partial charge in [-0.05, 0) is 6.42 Å². The van der Waals surface area contributed by atoms with Gasteiger partial charge in [-0.15, -0.1) is 0 Å². The van der Waals surface area contributed by atoms with Gasteiger partial charge < -0.3 is 0 Å². The van der Waals surface area contributed by atoms with Crippen LogP contribution in [0.15, 0.2) is 5.16 Å². The summed E-state index contributed by atoms with van der Waals surface area (Å²) < 4.78 is -3.59. The molecule has 0 fully saturated rings. The van der Waals surface area contributed by atoms with E-state index in [1.165, 1.54) is 11.8 Å². The smallest absolute Gasteiger partial charge is 0.209 e. The highest BCUT2D eigenvalue weighted by molar-refractivity contribution is 7.99. The van der Waals surface area contributed by atoms with Gasteiger partial charge in [-0.1, -0.05) is 88.3 Å². The fourth-order valence-electron chi connectivity index (χ4n) is 0.868. The zero-order valence-electron chi connectivity index (χ0n) is 8.93. The highest BCUT2D eigenvalue weighted by atomic mass is 35.6. The van der Waals surface area contributed by atoms with Crippen LogP contribution in [0.4, 0.5) is 0 Å². The van der Waals surface area contributed by atoms with Crippen molar-refractivity contribution in [3.05, 3.63) is 11.6 Å². The molecule has 0 radical (unpaired) electrons. The first-order valence-electron chi connectivity index (χ1n) is 4.68. The number of alkyl halides is 6. The van der Waals surface area contributed by atoms with Crippen molar-refractivity contribution in [3.63, 3.8) is 0 Å². The first kappa shape index (κ1) is 17.2. The summed E-state index contributed by atoms with van der Waals surface area (Å²) >= 11 is 35.7. The van der Waals surface area contributed by atoms with Crippen LogP contribution >= 0.6 is 81.4 Å². The van der Waals surface area contributed by atoms with Gasteiger partial charge in [0.25, 0.3) is 0 Å². The van der Waals surface area contributed by atoms with Crippen LogP contribution in [0.3, 0.4) is 0 Å². The monoisotopic (exact) mass is 387 g/mol. The molecule has 0 bridgehead atoms. The third-order valence-corrected chi connectivity index (χ3v) is 3.62. The molecule has 3 nitrogen and oxygen atoms in total. The molecule has 1 rings (SSSR count). The summed E-state index contributed by atoms with van der Waals surface area (Å²) in [7, 11) is 0. The van der Waals surface area contributed by atoms with Crippen molar-refractivity contribution < 1.29 is 0 Å². The minimum atomic E-state index is -1.80. The minimum Gasteiger partial charge on any atom is -0.209 e. The first-order chi connectivity index (χ1) is 8.14. The fraction of sp³-hybridized carbons (Fsp3) is 0.625. The Hall–Kier alpha value is 1.10. The lowest BCUT2D eigenvalue weighted by atomic mass is 10.6. The Morgan fingerprint density at radius 2 is 1.33 bits per heavy atom. The molecule has 0 spiro atoms. The molecule has 1 aromatic heterocycles. The number of aromatic nitrogens is 3. The number of rotatable bonds is 3. The number of hydrogen-bond donors (Lipinski definition) is 0. The second kappa shape index (κ2) is 6.70. The van der Waals surface area contributed by atoms with Gasteiger partial charge >= 0.3 is 0 Å². The highest BCUT2D eigenvalue weighted by Crippen LogP contribution is 2.40. The molecular formula is C8H7Cl6N3S. The van der Waals surface area contributed by atoms with Gasteiger partial charge in [0.2, 0.25) is 7.59 Å². The van der Waals surface area contributed by atoms with E-state index in [-0.39, 0.29) is 11.6 Å². The molecule has 1 heterocycles. The largest absolute Gasteiger partial charge is 0.250 e. The molecule has 0 aromatic carbocycles. The standard InChI is InChI=1S/C8H7Cl6N3S/c1-2-3-18-6-16-4(7(9,10)11)15-5(17-6)8(12,13)14/h2-3H2,1H3. The molecule has 0 saturated heterocycles. The van der Waals surface area contributed by atoms with Crippen LogP contribution in [-0.4, -0.2) is 20.7 Å². The lowest BCUT2D eigenvalue weighted by Gasteiger charge is -2.15. The lowest BCUT2D eigenvalue weighted by molar-refractivity contribution is 0.767. The van der Waals surface area contributed by atoms with Crippen molar-refractivity contribution >= 4 is 81.4 Å². The van der Waals surface area contributed by atoms with Crippen molar-refractivity contribution in [2.75, 3.05) is 5.75 Å². The van der Waals surface area contributed by atoms with Gasteiger partial charge in [0, 0.05) is 5.75 Å². The molecule has 0 unspecified atom stereocenters. The van der Waals surface area contributed by atoms with Crippen molar-refractivity contribution in [1.29, 1.82) is 0 Å². The van der Waals surface area contributed by atoms with Crippen molar-refractivity contribution in [3.8, 4) is 0 Å². The van der Waals surface area contributed by atoms with Gasteiger partial charge in [-0.3, -0.25) is 0 Å². The fourth-order valence-corrected chi connectivity index (χ4v) is 2.06. The third-order valence-electron chi connectivity index (χ3n) is 1.56. The molecule has 10 heteroatoms. The average Bonchev–Trinajstić information content (AvgIpc) is 2.23. The van der Waals surface area contributed by atoms with Gasteiger partial charge in [-0.2, -0.15) is 0 Å². The van der Waals surface area contributed by atoms with E-state index in [9.17, 15) is 0 Å². The summed E-state index contributed by atoms with van der Waals surface area (Å²) in [5, 5.41) is 0.356. The topological polar surface area (TPSA) is 38.7 Å². The lowest BCUT2D eigenvalue weighted by Crippen LogP contribution is -2.16. The van der Waals surface area contributed by atoms with E-state index in [1.54, 1.807) is 0 Å². The molecule has 18 heavy (non-hydrogen) atoms. The van der Waals surface area contributed by atoms with E-state index in [0.29, 0.717) is 5.16 Å². The van der Waals surface area contributed by atoms with Crippen LogP contribution in [-0.2, 0) is 7.59 Å². The molecular weight excluding hydrogens is 383 g/mol. The third kappa shape index (κ3) is 5.23. The van der Waals surface area contributed by atoms with Crippen LogP contribution in [0.1, 0.15) is 25.0 Å². The Balaban J connectivity index is 3.21.